The van der Waals surface area contributed by atoms with Crippen LogP contribution in [0.3, 0.4) is 0 Å². The minimum Gasteiger partial charge on any atom is -0.328 e. The summed E-state index contributed by atoms with van der Waals surface area (Å²) in [6.45, 7) is 5.84. The molecule has 0 N–H and O–H groups in total. The summed E-state index contributed by atoms with van der Waals surface area (Å²) in [4.78, 5) is 19.4. The van der Waals surface area contributed by atoms with Crippen LogP contribution in [0.4, 0.5) is 5.69 Å². The summed E-state index contributed by atoms with van der Waals surface area (Å²) < 4.78 is 2.25. The zero-order valence-corrected chi connectivity index (χ0v) is 14.8. The van der Waals surface area contributed by atoms with Gasteiger partial charge in [-0.15, -0.1) is 0 Å². The normalized spacial score (nSPS) is 17.6. The molecule has 3 aromatic rings. The van der Waals surface area contributed by atoms with E-state index in [-0.39, 0.29) is 11.8 Å². The average molecular weight is 333 g/mol. The van der Waals surface area contributed by atoms with Gasteiger partial charge in [0.05, 0.1) is 11.0 Å². The number of hydrogen-bond acceptors (Lipinski definition) is 2. The predicted molar refractivity (Wildman–Crippen MR) is 101 cm³/mol. The zero-order valence-electron chi connectivity index (χ0n) is 14.8. The molecule has 1 atom stereocenters. The summed E-state index contributed by atoms with van der Waals surface area (Å²) in [6.07, 6.45) is 1.54. The molecule has 1 aliphatic heterocycles. The van der Waals surface area contributed by atoms with E-state index >= 15 is 0 Å². The molecule has 0 bridgehead atoms. The van der Waals surface area contributed by atoms with E-state index in [9.17, 15) is 4.79 Å². The van der Waals surface area contributed by atoms with Crippen molar-refractivity contribution >= 4 is 22.6 Å². The number of fused-ring (bicyclic) bond motifs is 1. The molecule has 0 radical (unpaired) electrons. The predicted octanol–water partition coefficient (Wildman–Crippen LogP) is 4.14. The highest BCUT2D eigenvalue weighted by Gasteiger charge is 2.34. The average Bonchev–Trinajstić information content (AvgIpc) is 3.22. The Kier molecular flexibility index (Phi) is 4.04. The number of anilines is 1. The van der Waals surface area contributed by atoms with Crippen molar-refractivity contribution in [2.75, 3.05) is 11.4 Å². The maximum Gasteiger partial charge on any atom is 0.227 e. The topological polar surface area (TPSA) is 38.1 Å². The summed E-state index contributed by atoms with van der Waals surface area (Å²) in [5, 5.41) is 0. The highest BCUT2D eigenvalue weighted by molar-refractivity contribution is 5.96. The third-order valence-corrected chi connectivity index (χ3v) is 5.15. The maximum absolute atomic E-state index is 12.6. The molecular weight excluding hydrogens is 310 g/mol. The van der Waals surface area contributed by atoms with Crippen molar-refractivity contribution in [3.63, 3.8) is 0 Å². The van der Waals surface area contributed by atoms with Crippen LogP contribution in [0.5, 0.6) is 0 Å². The number of benzene rings is 2. The van der Waals surface area contributed by atoms with Gasteiger partial charge < -0.3 is 9.47 Å². The van der Waals surface area contributed by atoms with Gasteiger partial charge in [0, 0.05) is 31.1 Å². The first-order valence-corrected chi connectivity index (χ1v) is 9.05. The second kappa shape index (κ2) is 6.36. The van der Waals surface area contributed by atoms with Gasteiger partial charge in [-0.3, -0.25) is 4.79 Å². The molecule has 1 aromatic heterocycles. The molecule has 1 fully saturated rings. The van der Waals surface area contributed by atoms with E-state index in [1.165, 1.54) is 5.56 Å². The Hall–Kier alpha value is -2.62. The van der Waals surface area contributed by atoms with Gasteiger partial charge in [0.25, 0.3) is 0 Å². The molecule has 0 spiro atoms. The molecule has 128 valence electrons. The first kappa shape index (κ1) is 15.9. The number of aryl methyl sites for hydroxylation is 2. The number of carbonyl (C=O) groups excluding carboxylic acids is 1. The number of nitrogens with zero attached hydrogens (tertiary/aromatic N) is 3. The molecule has 2 heterocycles. The van der Waals surface area contributed by atoms with Gasteiger partial charge in [-0.1, -0.05) is 31.2 Å². The number of hydrogen-bond donors (Lipinski definition) is 0. The van der Waals surface area contributed by atoms with Crippen molar-refractivity contribution in [1.29, 1.82) is 0 Å². The Labute approximate surface area is 148 Å². The summed E-state index contributed by atoms with van der Waals surface area (Å²) >= 11 is 0. The lowest BCUT2D eigenvalue weighted by atomic mass is 10.1. The Balaban J connectivity index is 1.66. The van der Waals surface area contributed by atoms with Gasteiger partial charge in [-0.05, 0) is 43.2 Å². The number of rotatable bonds is 4. The minimum atomic E-state index is 0.144. The van der Waals surface area contributed by atoms with Crippen LogP contribution in [0, 0.1) is 0 Å². The summed E-state index contributed by atoms with van der Waals surface area (Å²) in [5.74, 6) is 1.36. The molecule has 0 aliphatic carbocycles. The lowest BCUT2D eigenvalue weighted by Gasteiger charge is -2.17. The number of aromatic nitrogens is 2. The van der Waals surface area contributed by atoms with Crippen LogP contribution in [-0.2, 0) is 17.8 Å². The second-order valence-electron chi connectivity index (χ2n) is 6.63. The van der Waals surface area contributed by atoms with Crippen LogP contribution in [0.2, 0.25) is 0 Å². The van der Waals surface area contributed by atoms with Crippen molar-refractivity contribution < 1.29 is 4.79 Å². The third-order valence-electron chi connectivity index (χ3n) is 5.15. The third kappa shape index (κ3) is 2.72. The van der Waals surface area contributed by atoms with Crippen molar-refractivity contribution in [1.82, 2.24) is 9.55 Å². The fourth-order valence-electron chi connectivity index (χ4n) is 3.78. The zero-order chi connectivity index (χ0) is 17.4. The molecule has 1 unspecified atom stereocenters. The smallest absolute Gasteiger partial charge is 0.227 e. The second-order valence-corrected chi connectivity index (χ2v) is 6.63. The Morgan fingerprint density at radius 1 is 1.08 bits per heavy atom. The van der Waals surface area contributed by atoms with Crippen molar-refractivity contribution in [2.45, 2.75) is 39.2 Å². The van der Waals surface area contributed by atoms with Crippen molar-refractivity contribution in [3.05, 3.63) is 59.9 Å². The van der Waals surface area contributed by atoms with E-state index in [1.54, 1.807) is 0 Å². The molecule has 25 heavy (non-hydrogen) atoms. The first-order valence-electron chi connectivity index (χ1n) is 9.05. The fourth-order valence-corrected chi connectivity index (χ4v) is 3.78. The number of imidazole rings is 1. The number of para-hydroxylation sites is 2. The molecule has 1 amide bonds. The van der Waals surface area contributed by atoms with Gasteiger partial charge >= 0.3 is 0 Å². The van der Waals surface area contributed by atoms with Gasteiger partial charge in [0.15, 0.2) is 0 Å². The molecule has 0 saturated carbocycles. The molecule has 4 rings (SSSR count). The van der Waals surface area contributed by atoms with E-state index in [0.29, 0.717) is 13.0 Å². The van der Waals surface area contributed by atoms with Gasteiger partial charge in [0.1, 0.15) is 5.82 Å². The van der Waals surface area contributed by atoms with Gasteiger partial charge in [0.2, 0.25) is 5.91 Å². The maximum atomic E-state index is 12.6. The fraction of sp³-hybridized carbons (Fsp3) is 0.333. The standard InChI is InChI=1S/C21H23N3O/c1-3-15-9-11-17(12-10-15)24-14-16(13-20(24)25)21-22-18-7-5-6-8-19(18)23(21)4-2/h5-12,16H,3-4,13-14H2,1-2H3. The monoisotopic (exact) mass is 333 g/mol. The summed E-state index contributed by atoms with van der Waals surface area (Å²) in [6, 6.07) is 16.5. The molecule has 1 saturated heterocycles. The van der Waals surface area contributed by atoms with Crippen LogP contribution in [0.15, 0.2) is 48.5 Å². The van der Waals surface area contributed by atoms with Gasteiger partial charge in [-0.25, -0.2) is 4.98 Å². The summed E-state index contributed by atoms with van der Waals surface area (Å²) in [7, 11) is 0. The Bertz CT molecular complexity index is 911. The molecule has 2 aromatic carbocycles. The summed E-state index contributed by atoms with van der Waals surface area (Å²) in [5.41, 5.74) is 4.44. The lowest BCUT2D eigenvalue weighted by molar-refractivity contribution is -0.117. The van der Waals surface area contributed by atoms with Crippen molar-refractivity contribution in [2.24, 2.45) is 0 Å². The van der Waals surface area contributed by atoms with Crippen LogP contribution in [-0.4, -0.2) is 22.0 Å². The molecule has 4 heteroatoms. The highest BCUT2D eigenvalue weighted by Crippen LogP contribution is 2.33. The van der Waals surface area contributed by atoms with Crippen molar-refractivity contribution in [3.8, 4) is 0 Å². The Morgan fingerprint density at radius 3 is 2.56 bits per heavy atom. The van der Waals surface area contributed by atoms with Crippen LogP contribution >= 0.6 is 0 Å². The SMILES string of the molecule is CCc1ccc(N2CC(c3nc4ccccc4n3CC)CC2=O)cc1. The molecule has 4 nitrogen and oxygen atoms in total. The van der Waals surface area contributed by atoms with Crippen LogP contribution < -0.4 is 4.90 Å². The van der Waals surface area contributed by atoms with E-state index in [2.05, 4.69) is 48.7 Å². The minimum absolute atomic E-state index is 0.144. The first-order chi connectivity index (χ1) is 12.2. The van der Waals surface area contributed by atoms with E-state index in [1.807, 2.05) is 23.1 Å². The van der Waals surface area contributed by atoms with E-state index in [4.69, 9.17) is 4.98 Å². The van der Waals surface area contributed by atoms with E-state index in [0.717, 1.165) is 35.5 Å². The molecule has 1 aliphatic rings. The number of carbonyl (C=O) groups is 1. The van der Waals surface area contributed by atoms with Crippen LogP contribution in [0.1, 0.15) is 37.6 Å². The lowest BCUT2D eigenvalue weighted by Crippen LogP contribution is -2.24. The largest absolute Gasteiger partial charge is 0.328 e. The van der Waals surface area contributed by atoms with Crippen LogP contribution in [0.25, 0.3) is 11.0 Å². The molecular formula is C21H23N3O. The number of amides is 1. The quantitative estimate of drug-likeness (QED) is 0.720. The Morgan fingerprint density at radius 2 is 1.84 bits per heavy atom. The van der Waals surface area contributed by atoms with Gasteiger partial charge in [-0.2, -0.15) is 0 Å². The van der Waals surface area contributed by atoms with E-state index < -0.39 is 0 Å². The highest BCUT2D eigenvalue weighted by atomic mass is 16.2.